The molecule has 0 nitrogen and oxygen atoms in total. The molecule has 0 radical (unpaired) electrons. The van der Waals surface area contributed by atoms with Gasteiger partial charge in [-0.2, -0.15) is 0 Å². The van der Waals surface area contributed by atoms with Crippen LogP contribution in [0.15, 0.2) is 49.6 Å². The molecule has 2 aromatic carbocycles. The van der Waals surface area contributed by atoms with Crippen LogP contribution in [0.3, 0.4) is 0 Å². The molecule has 1 saturated carbocycles. The normalized spacial score (nSPS) is 29.6. The van der Waals surface area contributed by atoms with Crippen molar-refractivity contribution in [2.75, 3.05) is 0 Å². The molecular weight excluding hydrogens is 252 g/mol. The quantitative estimate of drug-likeness (QED) is 0.621. The van der Waals surface area contributed by atoms with E-state index < -0.39 is 0 Å². The van der Waals surface area contributed by atoms with Crippen LogP contribution in [0, 0.1) is 25.7 Å². The van der Waals surface area contributed by atoms with Crippen molar-refractivity contribution in [1.29, 1.82) is 0 Å². The first-order valence-corrected chi connectivity index (χ1v) is 7.95. The molecule has 21 heavy (non-hydrogen) atoms. The second kappa shape index (κ2) is 4.34. The summed E-state index contributed by atoms with van der Waals surface area (Å²) in [5.74, 6) is 2.36. The first-order valence-electron chi connectivity index (χ1n) is 7.95. The second-order valence-corrected chi connectivity index (χ2v) is 6.78. The largest absolute Gasteiger partial charge is 0.103 e. The van der Waals surface area contributed by atoms with Crippen LogP contribution in [-0.2, 0) is 0 Å². The van der Waals surface area contributed by atoms with E-state index >= 15 is 0 Å². The summed E-state index contributed by atoms with van der Waals surface area (Å²) >= 11 is 0. The van der Waals surface area contributed by atoms with E-state index in [0.29, 0.717) is 23.7 Å². The molecule has 4 unspecified atom stereocenters. The Balaban J connectivity index is 2.09. The molecule has 2 aliphatic carbocycles. The highest BCUT2D eigenvalue weighted by Gasteiger charge is 2.47. The maximum absolute atomic E-state index is 4.11. The number of hydrogen-bond donors (Lipinski definition) is 0. The van der Waals surface area contributed by atoms with Crippen LogP contribution >= 0.6 is 0 Å². The first-order chi connectivity index (χ1) is 10.2. The average Bonchev–Trinajstić information content (AvgIpc) is 3.01. The van der Waals surface area contributed by atoms with Gasteiger partial charge in [-0.25, -0.2) is 0 Å². The highest BCUT2D eigenvalue weighted by Crippen LogP contribution is 2.61. The molecule has 0 spiro atoms. The van der Waals surface area contributed by atoms with Gasteiger partial charge in [0.25, 0.3) is 0 Å². The predicted molar refractivity (Wildman–Crippen MR) is 90.9 cm³/mol. The zero-order valence-electron chi connectivity index (χ0n) is 12.9. The summed E-state index contributed by atoms with van der Waals surface area (Å²) in [5, 5.41) is 2.97. The number of hydrogen-bond acceptors (Lipinski definition) is 0. The molecule has 1 fully saturated rings. The van der Waals surface area contributed by atoms with Crippen LogP contribution in [0.25, 0.3) is 10.8 Å². The Bertz CT molecular complexity index is 765. The Morgan fingerprint density at radius 3 is 2.43 bits per heavy atom. The van der Waals surface area contributed by atoms with E-state index in [0.717, 1.165) is 0 Å². The summed E-state index contributed by atoms with van der Waals surface area (Å²) in [6.45, 7) is 12.7. The topological polar surface area (TPSA) is 0 Å². The molecule has 2 aromatic rings. The SMILES string of the molecule is C=CC1CC(C=C)C2c3c(C)cc(C)c4cccc(c34)C12. The summed E-state index contributed by atoms with van der Waals surface area (Å²) in [4.78, 5) is 0. The van der Waals surface area contributed by atoms with E-state index in [1.165, 1.54) is 28.3 Å². The minimum Gasteiger partial charge on any atom is -0.103 e. The van der Waals surface area contributed by atoms with Crippen molar-refractivity contribution in [1.82, 2.24) is 0 Å². The number of benzene rings is 2. The van der Waals surface area contributed by atoms with Crippen LogP contribution in [-0.4, -0.2) is 0 Å². The Labute approximate surface area is 127 Å². The van der Waals surface area contributed by atoms with Gasteiger partial charge in [0.2, 0.25) is 0 Å². The molecule has 4 rings (SSSR count). The van der Waals surface area contributed by atoms with Gasteiger partial charge in [-0.3, -0.25) is 0 Å². The van der Waals surface area contributed by atoms with E-state index in [9.17, 15) is 0 Å². The fraction of sp³-hybridized carbons (Fsp3) is 0.333. The number of aryl methyl sites for hydroxylation is 2. The third-order valence-electron chi connectivity index (χ3n) is 5.80. The summed E-state index contributed by atoms with van der Waals surface area (Å²) in [6.07, 6.45) is 5.55. The van der Waals surface area contributed by atoms with Gasteiger partial charge in [0.1, 0.15) is 0 Å². The van der Waals surface area contributed by atoms with E-state index in [2.05, 4.69) is 63.4 Å². The molecule has 106 valence electrons. The van der Waals surface area contributed by atoms with Crippen LogP contribution < -0.4 is 0 Å². The fourth-order valence-corrected chi connectivity index (χ4v) is 5.03. The maximum atomic E-state index is 4.11. The number of rotatable bonds is 2. The van der Waals surface area contributed by atoms with Crippen LogP contribution in [0.5, 0.6) is 0 Å². The van der Waals surface area contributed by atoms with Crippen molar-refractivity contribution in [2.24, 2.45) is 11.8 Å². The van der Waals surface area contributed by atoms with Crippen LogP contribution in [0.2, 0.25) is 0 Å². The third-order valence-corrected chi connectivity index (χ3v) is 5.80. The zero-order chi connectivity index (χ0) is 14.7. The Hall–Kier alpha value is -1.82. The monoisotopic (exact) mass is 274 g/mol. The molecule has 0 heterocycles. The van der Waals surface area contributed by atoms with E-state index in [-0.39, 0.29) is 0 Å². The van der Waals surface area contributed by atoms with Gasteiger partial charge in [0.05, 0.1) is 0 Å². The smallest absolute Gasteiger partial charge is 0.00153 e. The minimum absolute atomic E-state index is 0.579. The molecule has 0 bridgehead atoms. The summed E-state index contributed by atoms with van der Waals surface area (Å²) < 4.78 is 0. The van der Waals surface area contributed by atoms with Gasteiger partial charge in [-0.15, -0.1) is 13.2 Å². The lowest BCUT2D eigenvalue weighted by atomic mass is 9.83. The van der Waals surface area contributed by atoms with E-state index in [1.54, 1.807) is 11.1 Å². The standard InChI is InChI=1S/C21H22/c1-5-14-11-15(6-2)20-18-13(4)10-12(3)16-8-7-9-17(19(14)20)21(16)18/h5-10,14-15,19-20H,1-2,11H2,3-4H3. The van der Waals surface area contributed by atoms with Gasteiger partial charge in [0, 0.05) is 0 Å². The Kier molecular flexibility index (Phi) is 2.66. The van der Waals surface area contributed by atoms with Gasteiger partial charge < -0.3 is 0 Å². The molecule has 0 aliphatic heterocycles. The number of fused-ring (bicyclic) bond motifs is 3. The number of allylic oxidation sites excluding steroid dienone is 2. The molecule has 0 aromatic heterocycles. The predicted octanol–water partition coefficient (Wildman–Crippen LogP) is 5.65. The lowest BCUT2D eigenvalue weighted by Crippen LogP contribution is -2.07. The van der Waals surface area contributed by atoms with Gasteiger partial charge in [-0.05, 0) is 77.0 Å². The van der Waals surface area contributed by atoms with E-state index in [1.807, 2.05) is 0 Å². The first kappa shape index (κ1) is 12.9. The lowest BCUT2D eigenvalue weighted by molar-refractivity contribution is 0.553. The van der Waals surface area contributed by atoms with Crippen molar-refractivity contribution in [2.45, 2.75) is 32.1 Å². The molecule has 4 atom stereocenters. The van der Waals surface area contributed by atoms with Gasteiger partial charge in [0.15, 0.2) is 0 Å². The summed E-state index contributed by atoms with van der Waals surface area (Å²) in [6, 6.07) is 9.22. The third kappa shape index (κ3) is 1.51. The van der Waals surface area contributed by atoms with Crippen molar-refractivity contribution in [3.05, 3.63) is 71.8 Å². The molecule has 0 amide bonds. The zero-order valence-corrected chi connectivity index (χ0v) is 12.9. The van der Waals surface area contributed by atoms with Crippen molar-refractivity contribution in [3.8, 4) is 0 Å². The average molecular weight is 274 g/mol. The highest BCUT2D eigenvalue weighted by atomic mass is 14.5. The maximum Gasteiger partial charge on any atom is -0.00153 e. The molecule has 0 heteroatoms. The van der Waals surface area contributed by atoms with E-state index in [4.69, 9.17) is 0 Å². The summed E-state index contributed by atoms with van der Waals surface area (Å²) in [5.41, 5.74) is 5.99. The van der Waals surface area contributed by atoms with Gasteiger partial charge in [-0.1, -0.05) is 36.4 Å². The van der Waals surface area contributed by atoms with Crippen LogP contribution in [0.1, 0.15) is 40.5 Å². The van der Waals surface area contributed by atoms with Crippen LogP contribution in [0.4, 0.5) is 0 Å². The molecular formula is C21H22. The van der Waals surface area contributed by atoms with Crippen molar-refractivity contribution >= 4 is 10.8 Å². The highest BCUT2D eigenvalue weighted by molar-refractivity contribution is 5.96. The molecule has 2 aliphatic rings. The van der Waals surface area contributed by atoms with Crippen molar-refractivity contribution < 1.29 is 0 Å². The van der Waals surface area contributed by atoms with Gasteiger partial charge >= 0.3 is 0 Å². The van der Waals surface area contributed by atoms with Crippen molar-refractivity contribution in [3.63, 3.8) is 0 Å². The Morgan fingerprint density at radius 2 is 1.71 bits per heavy atom. The summed E-state index contributed by atoms with van der Waals surface area (Å²) in [7, 11) is 0. The lowest BCUT2D eigenvalue weighted by Gasteiger charge is -2.20. The fourth-order valence-electron chi connectivity index (χ4n) is 5.03. The minimum atomic E-state index is 0.579. The Morgan fingerprint density at radius 1 is 1.00 bits per heavy atom. The molecule has 0 saturated heterocycles. The molecule has 0 N–H and O–H groups in total. The second-order valence-electron chi connectivity index (χ2n) is 6.78.